The second-order valence-electron chi connectivity index (χ2n) is 0. The Bertz CT molecular complexity index is 3.25. The minimum Gasteiger partial charge on any atom is 0 e. The van der Waals surface area contributed by atoms with E-state index in [2.05, 4.69) is 0 Å². The minimum atomic E-state index is 0. The van der Waals surface area contributed by atoms with E-state index in [1.54, 1.807) is 0 Å². The molecule has 0 aromatic heterocycles. The number of hydrogen-bond donors (Lipinski definition) is 0. The Kier molecular flexibility index (Phi) is 104. The van der Waals surface area contributed by atoms with Crippen LogP contribution in [0.2, 0.25) is 0 Å². The van der Waals surface area contributed by atoms with Gasteiger partial charge in [-0.25, -0.2) is 0 Å². The summed E-state index contributed by atoms with van der Waals surface area (Å²) in [5.74, 6) is 0. The smallest absolute Gasteiger partial charge is 0 e. The van der Waals surface area contributed by atoms with Crippen molar-refractivity contribution in [3.8, 4) is 0 Å². The Morgan fingerprint density at radius 2 is 0.500 bits per heavy atom. The maximum Gasteiger partial charge on any atom is 0 e. The van der Waals surface area contributed by atoms with Crippen LogP contribution in [0.5, 0.6) is 0 Å². The zero-order valence-electron chi connectivity index (χ0n) is 2.42. The van der Waals surface area contributed by atoms with Gasteiger partial charge < -0.3 is 0 Å². The molecule has 0 aromatic carbocycles. The van der Waals surface area contributed by atoms with Gasteiger partial charge in [-0.1, -0.05) is 0 Å². The first-order valence-corrected chi connectivity index (χ1v) is 0. The van der Waals surface area contributed by atoms with E-state index in [4.69, 9.17) is 0 Å². The van der Waals surface area contributed by atoms with E-state index >= 15 is 0 Å². The van der Waals surface area contributed by atoms with Crippen molar-refractivity contribution in [1.29, 1.82) is 0 Å². The molecule has 0 aliphatic heterocycles. The minimum absolute atomic E-state index is 0. The third-order valence-electron chi connectivity index (χ3n) is 0. The van der Waals surface area contributed by atoms with Gasteiger partial charge in [0.25, 0.3) is 0 Å². The second kappa shape index (κ2) is 16.0. The molecular weight excluding hydrogens is 534 g/mol. The van der Waals surface area contributed by atoms with Crippen LogP contribution in [0.4, 0.5) is 0 Å². The van der Waals surface area contributed by atoms with Crippen LogP contribution in [0, 0.1) is 0 Å². The molecule has 0 unspecified atom stereocenters. The monoisotopic (exact) mass is 539 g/mol. The molecule has 0 saturated heterocycles. The predicted octanol–water partition coefficient (Wildman–Crippen LogP) is -0.0100. The fourth-order valence-electron chi connectivity index (χ4n) is 0. The Hall–Kier alpha value is 3.51. The molecule has 0 nitrogen and oxygen atoms in total. The average molecular weight is 534 g/mol. The predicted molar refractivity (Wildman–Crippen MR) is 0 cm³/mol. The molecule has 0 aliphatic rings. The molecule has 4 heteroatoms. The number of rotatable bonds is 0. The molecule has 0 rings (SSSR count). The van der Waals surface area contributed by atoms with Crippen LogP contribution in [0.25, 0.3) is 0 Å². The van der Waals surface area contributed by atoms with Crippen molar-refractivity contribution in [3.05, 3.63) is 0 Å². The molecule has 0 N–H and O–H groups in total. The van der Waals surface area contributed by atoms with Crippen molar-refractivity contribution in [2.24, 2.45) is 0 Å². The Labute approximate surface area is 102 Å². The van der Waals surface area contributed by atoms with Gasteiger partial charge in [0.1, 0.15) is 0 Å². The van der Waals surface area contributed by atoms with Gasteiger partial charge >= 0.3 is 0 Å². The van der Waals surface area contributed by atoms with E-state index in [0.717, 1.165) is 0 Å². The maximum absolute atomic E-state index is 0. The summed E-state index contributed by atoms with van der Waals surface area (Å²) < 4.78 is 0. The summed E-state index contributed by atoms with van der Waals surface area (Å²) in [6.45, 7) is 0. The summed E-state index contributed by atoms with van der Waals surface area (Å²) in [4.78, 5) is 0. The van der Waals surface area contributed by atoms with E-state index in [9.17, 15) is 0 Å². The van der Waals surface area contributed by atoms with Gasteiger partial charge in [-0.05, 0) is 0 Å². The standard InChI is InChI=1S/Au.3Cd. The molecule has 4 heavy (non-hydrogen) atoms. The number of hydrogen-bond acceptors (Lipinski definition) is 0. The molecule has 0 aromatic rings. The molecule has 0 fully saturated rings. The molecule has 0 heterocycles. The molecule has 0 bridgehead atoms. The summed E-state index contributed by atoms with van der Waals surface area (Å²) in [6, 6.07) is 0. The average Bonchev–Trinajstić information content (AvgIpc) is 0. The molecule has 0 saturated carbocycles. The van der Waals surface area contributed by atoms with Crippen molar-refractivity contribution in [1.82, 2.24) is 0 Å². The Morgan fingerprint density at radius 1 is 0.500 bits per heavy atom. The third kappa shape index (κ3) is 9.10. The second-order valence-corrected chi connectivity index (χ2v) is 0. The first-order chi connectivity index (χ1) is 0. The van der Waals surface area contributed by atoms with Gasteiger partial charge in [0.2, 0.25) is 0 Å². The summed E-state index contributed by atoms with van der Waals surface area (Å²) in [6.07, 6.45) is 0. The molecular formula is AuCd3. The molecule has 0 spiro atoms. The maximum atomic E-state index is 0. The van der Waals surface area contributed by atoms with E-state index in [1.807, 2.05) is 0 Å². The quantitative estimate of drug-likeness (QED) is 0.384. The molecule has 0 atom stereocenters. The Balaban J connectivity index is 0. The van der Waals surface area contributed by atoms with E-state index in [1.165, 1.54) is 0 Å². The van der Waals surface area contributed by atoms with Crippen LogP contribution >= 0.6 is 0 Å². The van der Waals surface area contributed by atoms with E-state index in [0.29, 0.717) is 0 Å². The first kappa shape index (κ1) is 25.8. The molecule has 17 valence electrons. The first-order valence-electron chi connectivity index (χ1n) is 0. The van der Waals surface area contributed by atoms with Crippen molar-refractivity contribution in [2.75, 3.05) is 0 Å². The SMILES string of the molecule is [Au].[Cd].[Cd].[Cd]. The van der Waals surface area contributed by atoms with E-state index in [-0.39, 0.29) is 104 Å². The van der Waals surface area contributed by atoms with Crippen LogP contribution in [-0.4, -0.2) is 0 Å². The summed E-state index contributed by atoms with van der Waals surface area (Å²) in [5, 5.41) is 0. The van der Waals surface area contributed by atoms with Gasteiger partial charge in [-0.15, -0.1) is 0 Å². The van der Waals surface area contributed by atoms with Crippen molar-refractivity contribution in [2.45, 2.75) is 0 Å². The fourth-order valence-corrected chi connectivity index (χ4v) is 0. The van der Waals surface area contributed by atoms with Crippen molar-refractivity contribution >= 4 is 0 Å². The zero-order valence-corrected chi connectivity index (χ0v) is 16.7. The van der Waals surface area contributed by atoms with Crippen molar-refractivity contribution < 1.29 is 104 Å². The molecule has 0 amide bonds. The summed E-state index contributed by atoms with van der Waals surface area (Å²) in [7, 11) is 0. The van der Waals surface area contributed by atoms with Gasteiger partial charge in [0.05, 0.1) is 0 Å². The van der Waals surface area contributed by atoms with Crippen LogP contribution in [0.15, 0.2) is 0 Å². The van der Waals surface area contributed by atoms with Crippen LogP contribution in [0.3, 0.4) is 0 Å². The van der Waals surface area contributed by atoms with Gasteiger partial charge in [0, 0.05) is 104 Å². The van der Waals surface area contributed by atoms with Gasteiger partial charge in [-0.3, -0.25) is 0 Å². The topological polar surface area (TPSA) is 0 Å². The van der Waals surface area contributed by atoms with Crippen LogP contribution in [-0.2, 0) is 104 Å². The molecule has 1 radical (unpaired) electrons. The summed E-state index contributed by atoms with van der Waals surface area (Å²) in [5.41, 5.74) is 0. The van der Waals surface area contributed by atoms with Gasteiger partial charge in [-0.2, -0.15) is 0 Å². The molecule has 0 aliphatic carbocycles. The Morgan fingerprint density at radius 3 is 0.500 bits per heavy atom. The largest absolute Gasteiger partial charge is 0 e. The van der Waals surface area contributed by atoms with Crippen LogP contribution < -0.4 is 0 Å². The third-order valence-corrected chi connectivity index (χ3v) is 0. The van der Waals surface area contributed by atoms with Gasteiger partial charge in [0.15, 0.2) is 0 Å². The van der Waals surface area contributed by atoms with Crippen LogP contribution in [0.1, 0.15) is 0 Å². The summed E-state index contributed by atoms with van der Waals surface area (Å²) >= 11 is 0. The van der Waals surface area contributed by atoms with E-state index < -0.39 is 0 Å². The van der Waals surface area contributed by atoms with Crippen molar-refractivity contribution in [3.63, 3.8) is 0 Å². The zero-order chi connectivity index (χ0) is 0. The normalized spacial score (nSPS) is 0. The fraction of sp³-hybridized carbons (Fsp3) is 0.